The number of hydrogen-bond acceptors (Lipinski definition) is 3. The third-order valence-electron chi connectivity index (χ3n) is 3.22. The first kappa shape index (κ1) is 16.8. The molecule has 1 amide bonds. The molecule has 122 valence electrons. The fourth-order valence-corrected chi connectivity index (χ4v) is 2.00. The van der Waals surface area contributed by atoms with E-state index in [9.17, 15) is 9.18 Å². The molecule has 0 aliphatic heterocycles. The van der Waals surface area contributed by atoms with Gasteiger partial charge in [0, 0.05) is 6.54 Å². The van der Waals surface area contributed by atoms with E-state index in [-0.39, 0.29) is 18.3 Å². The van der Waals surface area contributed by atoms with Crippen LogP contribution in [0.5, 0.6) is 5.75 Å². The van der Waals surface area contributed by atoms with E-state index in [1.807, 2.05) is 30.3 Å². The van der Waals surface area contributed by atoms with Gasteiger partial charge in [0.15, 0.2) is 0 Å². The normalized spacial score (nSPS) is 10.1. The van der Waals surface area contributed by atoms with Gasteiger partial charge in [-0.15, -0.1) is 0 Å². The Bertz CT molecular complexity index is 605. The number of halogens is 1. The van der Waals surface area contributed by atoms with Gasteiger partial charge in [-0.05, 0) is 37.1 Å². The van der Waals surface area contributed by atoms with Gasteiger partial charge in [0.05, 0.1) is 18.8 Å². The van der Waals surface area contributed by atoms with E-state index >= 15 is 0 Å². The van der Waals surface area contributed by atoms with Crippen LogP contribution in [0.25, 0.3) is 0 Å². The number of para-hydroxylation sites is 2. The van der Waals surface area contributed by atoms with Crippen LogP contribution in [0, 0.1) is 5.82 Å². The molecule has 2 aromatic rings. The molecular formula is C18H21FN2O2. The second kappa shape index (κ2) is 9.46. The summed E-state index contributed by atoms with van der Waals surface area (Å²) in [6.45, 7) is 1.25. The largest absolute Gasteiger partial charge is 0.494 e. The van der Waals surface area contributed by atoms with Gasteiger partial charge in [-0.3, -0.25) is 4.79 Å². The van der Waals surface area contributed by atoms with E-state index < -0.39 is 0 Å². The van der Waals surface area contributed by atoms with Crippen molar-refractivity contribution in [2.45, 2.75) is 12.8 Å². The smallest absolute Gasteiger partial charge is 0.239 e. The maximum atomic E-state index is 13.4. The van der Waals surface area contributed by atoms with Crippen LogP contribution in [0.4, 0.5) is 10.1 Å². The Hall–Kier alpha value is -2.56. The lowest BCUT2D eigenvalue weighted by molar-refractivity contribution is -0.119. The van der Waals surface area contributed by atoms with Crippen molar-refractivity contribution >= 4 is 11.6 Å². The van der Waals surface area contributed by atoms with E-state index in [2.05, 4.69) is 10.6 Å². The van der Waals surface area contributed by atoms with E-state index in [1.54, 1.807) is 18.2 Å². The first-order chi connectivity index (χ1) is 11.3. The van der Waals surface area contributed by atoms with Gasteiger partial charge in [0.2, 0.25) is 5.91 Å². The summed E-state index contributed by atoms with van der Waals surface area (Å²) >= 11 is 0. The van der Waals surface area contributed by atoms with E-state index in [0.717, 1.165) is 18.6 Å². The molecule has 0 bridgehead atoms. The van der Waals surface area contributed by atoms with Crippen LogP contribution in [0.2, 0.25) is 0 Å². The Morgan fingerprint density at radius 3 is 2.52 bits per heavy atom. The zero-order valence-corrected chi connectivity index (χ0v) is 12.9. The number of hydrogen-bond donors (Lipinski definition) is 2. The second-order valence-electron chi connectivity index (χ2n) is 5.05. The third kappa shape index (κ3) is 6.38. The lowest BCUT2D eigenvalue weighted by Crippen LogP contribution is -2.30. The summed E-state index contributed by atoms with van der Waals surface area (Å²) < 4.78 is 18.9. The van der Waals surface area contributed by atoms with Gasteiger partial charge in [-0.25, -0.2) is 4.39 Å². The zero-order chi connectivity index (χ0) is 16.3. The van der Waals surface area contributed by atoms with Crippen molar-refractivity contribution in [3.05, 3.63) is 60.4 Å². The topological polar surface area (TPSA) is 50.4 Å². The standard InChI is InChI=1S/C18H21FN2O2/c19-16-10-4-5-11-17(16)21-14-18(22)20-12-6-7-13-23-15-8-2-1-3-9-15/h1-5,8-11,21H,6-7,12-14H2,(H,20,22). The Balaban J connectivity index is 1.52. The monoisotopic (exact) mass is 316 g/mol. The molecular weight excluding hydrogens is 295 g/mol. The SMILES string of the molecule is O=C(CNc1ccccc1F)NCCCCOc1ccccc1. The van der Waals surface area contributed by atoms with Crippen molar-refractivity contribution in [1.82, 2.24) is 5.32 Å². The van der Waals surface area contributed by atoms with Gasteiger partial charge in [-0.2, -0.15) is 0 Å². The van der Waals surface area contributed by atoms with Crippen molar-refractivity contribution in [3.8, 4) is 5.75 Å². The molecule has 0 spiro atoms. The van der Waals surface area contributed by atoms with Gasteiger partial charge in [0.25, 0.3) is 0 Å². The predicted octanol–water partition coefficient (Wildman–Crippen LogP) is 3.21. The first-order valence-electron chi connectivity index (χ1n) is 7.68. The molecule has 2 rings (SSSR count). The lowest BCUT2D eigenvalue weighted by atomic mass is 10.3. The number of carbonyl (C=O) groups excluding carboxylic acids is 1. The summed E-state index contributed by atoms with van der Waals surface area (Å²) in [4.78, 5) is 11.7. The maximum Gasteiger partial charge on any atom is 0.239 e. The molecule has 0 unspecified atom stereocenters. The number of unbranched alkanes of at least 4 members (excludes halogenated alkanes) is 1. The lowest BCUT2D eigenvalue weighted by Gasteiger charge is -2.09. The number of rotatable bonds is 9. The van der Waals surface area contributed by atoms with Crippen molar-refractivity contribution in [1.29, 1.82) is 0 Å². The minimum atomic E-state index is -0.363. The molecule has 0 radical (unpaired) electrons. The van der Waals surface area contributed by atoms with Crippen LogP contribution in [-0.4, -0.2) is 25.6 Å². The summed E-state index contributed by atoms with van der Waals surface area (Å²) in [6, 6.07) is 15.9. The summed E-state index contributed by atoms with van der Waals surface area (Å²) in [6.07, 6.45) is 1.69. The Labute approximate surface area is 135 Å². The van der Waals surface area contributed by atoms with Gasteiger partial charge >= 0.3 is 0 Å². The molecule has 0 atom stereocenters. The molecule has 4 nitrogen and oxygen atoms in total. The van der Waals surface area contributed by atoms with Gasteiger partial charge in [0.1, 0.15) is 11.6 Å². The predicted molar refractivity (Wildman–Crippen MR) is 89.1 cm³/mol. The minimum Gasteiger partial charge on any atom is -0.494 e. The van der Waals surface area contributed by atoms with Crippen molar-refractivity contribution in [2.75, 3.05) is 25.0 Å². The fourth-order valence-electron chi connectivity index (χ4n) is 2.00. The highest BCUT2D eigenvalue weighted by Crippen LogP contribution is 2.11. The molecule has 0 fully saturated rings. The van der Waals surface area contributed by atoms with Crippen LogP contribution in [0.1, 0.15) is 12.8 Å². The summed E-state index contributed by atoms with van der Waals surface area (Å²) in [5, 5.41) is 5.57. The molecule has 0 aromatic heterocycles. The summed E-state index contributed by atoms with van der Waals surface area (Å²) in [5.41, 5.74) is 0.332. The zero-order valence-electron chi connectivity index (χ0n) is 12.9. The molecule has 0 heterocycles. The number of nitrogens with one attached hydrogen (secondary N) is 2. The van der Waals surface area contributed by atoms with Crippen LogP contribution < -0.4 is 15.4 Å². The fraction of sp³-hybridized carbons (Fsp3) is 0.278. The average Bonchev–Trinajstić information content (AvgIpc) is 2.58. The molecule has 5 heteroatoms. The van der Waals surface area contributed by atoms with Crippen molar-refractivity contribution in [2.24, 2.45) is 0 Å². The summed E-state index contributed by atoms with van der Waals surface area (Å²) in [5.74, 6) is 0.334. The van der Waals surface area contributed by atoms with Crippen molar-refractivity contribution in [3.63, 3.8) is 0 Å². The van der Waals surface area contributed by atoms with Gasteiger partial charge < -0.3 is 15.4 Å². The quantitative estimate of drug-likeness (QED) is 0.699. The highest BCUT2D eigenvalue weighted by atomic mass is 19.1. The molecule has 2 N–H and O–H groups in total. The molecule has 0 aliphatic rings. The van der Waals surface area contributed by atoms with Crippen LogP contribution in [0.3, 0.4) is 0 Å². The number of benzene rings is 2. The van der Waals surface area contributed by atoms with Crippen LogP contribution >= 0.6 is 0 Å². The van der Waals surface area contributed by atoms with Crippen LogP contribution in [-0.2, 0) is 4.79 Å². The van der Waals surface area contributed by atoms with E-state index in [1.165, 1.54) is 6.07 Å². The van der Waals surface area contributed by atoms with E-state index in [0.29, 0.717) is 18.8 Å². The highest BCUT2D eigenvalue weighted by Gasteiger charge is 2.03. The number of ether oxygens (including phenoxy) is 1. The molecule has 2 aromatic carbocycles. The molecule has 23 heavy (non-hydrogen) atoms. The third-order valence-corrected chi connectivity index (χ3v) is 3.22. The Morgan fingerprint density at radius 1 is 1.00 bits per heavy atom. The summed E-state index contributed by atoms with van der Waals surface area (Å²) in [7, 11) is 0. The minimum absolute atomic E-state index is 0.0570. The number of amides is 1. The number of anilines is 1. The van der Waals surface area contributed by atoms with E-state index in [4.69, 9.17) is 4.74 Å². The second-order valence-corrected chi connectivity index (χ2v) is 5.05. The Kier molecular flexibility index (Phi) is 6.91. The molecule has 0 aliphatic carbocycles. The molecule has 0 saturated heterocycles. The molecule has 0 saturated carbocycles. The highest BCUT2D eigenvalue weighted by molar-refractivity contribution is 5.80. The van der Waals surface area contributed by atoms with Crippen LogP contribution in [0.15, 0.2) is 54.6 Å². The van der Waals surface area contributed by atoms with Crippen molar-refractivity contribution < 1.29 is 13.9 Å². The first-order valence-corrected chi connectivity index (χ1v) is 7.68. The number of carbonyl (C=O) groups is 1. The Morgan fingerprint density at radius 2 is 1.74 bits per heavy atom. The van der Waals surface area contributed by atoms with Gasteiger partial charge in [-0.1, -0.05) is 30.3 Å². The maximum absolute atomic E-state index is 13.4. The average molecular weight is 316 g/mol.